The molecule has 19 heavy (non-hydrogen) atoms. The summed E-state index contributed by atoms with van der Waals surface area (Å²) in [5.74, 6) is 0.272. The van der Waals surface area contributed by atoms with E-state index in [9.17, 15) is 4.79 Å². The summed E-state index contributed by atoms with van der Waals surface area (Å²) in [6.07, 6.45) is 1.07. The molecule has 3 nitrogen and oxygen atoms in total. The Labute approximate surface area is 115 Å². The molecule has 0 aliphatic carbocycles. The van der Waals surface area contributed by atoms with E-state index in [1.54, 1.807) is 0 Å². The van der Waals surface area contributed by atoms with Crippen LogP contribution in [0.25, 0.3) is 0 Å². The summed E-state index contributed by atoms with van der Waals surface area (Å²) in [6.45, 7) is 8.70. The minimum absolute atomic E-state index is 0.136. The minimum atomic E-state index is -0.281. The smallest absolute Gasteiger partial charge is 0.227 e. The number of benzene rings is 1. The van der Waals surface area contributed by atoms with Crippen LogP contribution in [0.5, 0.6) is 0 Å². The number of anilines is 1. The fourth-order valence-corrected chi connectivity index (χ4v) is 3.34. The van der Waals surface area contributed by atoms with Gasteiger partial charge < -0.3 is 10.2 Å². The molecule has 3 heteroatoms. The van der Waals surface area contributed by atoms with Crippen molar-refractivity contribution < 1.29 is 4.79 Å². The van der Waals surface area contributed by atoms with Crippen molar-refractivity contribution in [2.24, 2.45) is 5.41 Å². The number of carbonyl (C=O) groups excluding carboxylic acids is 1. The second-order valence-corrected chi connectivity index (χ2v) is 6.91. The highest BCUT2D eigenvalue weighted by Crippen LogP contribution is 2.43. The summed E-state index contributed by atoms with van der Waals surface area (Å²) in [7, 11) is 0. The molecule has 0 saturated carbocycles. The van der Waals surface area contributed by atoms with Gasteiger partial charge in [0.25, 0.3) is 0 Å². The monoisotopic (exact) mass is 258 g/mol. The highest BCUT2D eigenvalue weighted by Gasteiger charge is 2.46. The Bertz CT molecular complexity index is 518. The molecule has 2 aliphatic heterocycles. The van der Waals surface area contributed by atoms with E-state index in [1.807, 2.05) is 25.7 Å². The normalized spacial score (nSPS) is 25.5. The highest BCUT2D eigenvalue weighted by molar-refractivity contribution is 5.82. The molecule has 0 aromatic heterocycles. The number of likely N-dealkylation sites (tertiary alicyclic amines) is 1. The lowest BCUT2D eigenvalue weighted by Gasteiger charge is -2.28. The molecule has 0 radical (unpaired) electrons. The van der Waals surface area contributed by atoms with E-state index in [0.717, 1.165) is 26.1 Å². The quantitative estimate of drug-likeness (QED) is 0.776. The zero-order chi connectivity index (χ0) is 13.7. The van der Waals surface area contributed by atoms with Crippen LogP contribution in [0.3, 0.4) is 0 Å². The van der Waals surface area contributed by atoms with Crippen molar-refractivity contribution in [2.45, 2.75) is 32.6 Å². The van der Waals surface area contributed by atoms with Gasteiger partial charge in [0.05, 0.1) is 0 Å². The van der Waals surface area contributed by atoms with Crippen LogP contribution < -0.4 is 5.32 Å². The van der Waals surface area contributed by atoms with Gasteiger partial charge >= 0.3 is 0 Å². The van der Waals surface area contributed by atoms with Crippen LogP contribution in [0.4, 0.5) is 5.69 Å². The summed E-state index contributed by atoms with van der Waals surface area (Å²) in [5.41, 5.74) is 2.49. The Morgan fingerprint density at radius 3 is 2.79 bits per heavy atom. The van der Waals surface area contributed by atoms with Crippen molar-refractivity contribution in [3.8, 4) is 0 Å². The van der Waals surface area contributed by atoms with Crippen LogP contribution in [0.1, 0.15) is 32.8 Å². The van der Waals surface area contributed by atoms with Gasteiger partial charge in [-0.2, -0.15) is 0 Å². The molecule has 1 aromatic rings. The number of rotatable bonds is 0. The van der Waals surface area contributed by atoms with Gasteiger partial charge in [-0.1, -0.05) is 39.0 Å². The maximum absolute atomic E-state index is 12.4. The molecule has 1 saturated heterocycles. The SMILES string of the molecule is CC(C)(C)C(=O)N1CCC2(CNc3ccccc32)C1. The van der Waals surface area contributed by atoms with Crippen LogP contribution in [-0.2, 0) is 10.2 Å². The average Bonchev–Trinajstić information content (AvgIpc) is 2.95. The molecule has 2 heterocycles. The predicted molar refractivity (Wildman–Crippen MR) is 77.3 cm³/mol. The first kappa shape index (κ1) is 12.5. The predicted octanol–water partition coefficient (Wildman–Crippen LogP) is 2.63. The van der Waals surface area contributed by atoms with Crippen LogP contribution >= 0.6 is 0 Å². The van der Waals surface area contributed by atoms with Gasteiger partial charge in [0.15, 0.2) is 0 Å². The molecule has 102 valence electrons. The third-order valence-electron chi connectivity index (χ3n) is 4.40. The fraction of sp³-hybridized carbons (Fsp3) is 0.562. The fourth-order valence-electron chi connectivity index (χ4n) is 3.34. The molecule has 1 N–H and O–H groups in total. The van der Waals surface area contributed by atoms with Crippen molar-refractivity contribution >= 4 is 11.6 Å². The van der Waals surface area contributed by atoms with E-state index in [4.69, 9.17) is 0 Å². The molecule has 1 amide bonds. The number of hydrogen-bond acceptors (Lipinski definition) is 2. The van der Waals surface area contributed by atoms with Gasteiger partial charge in [0.2, 0.25) is 5.91 Å². The third kappa shape index (κ3) is 1.92. The zero-order valence-corrected chi connectivity index (χ0v) is 12.0. The van der Waals surface area contributed by atoms with Gasteiger partial charge in [0, 0.05) is 36.2 Å². The Hall–Kier alpha value is -1.51. The Balaban J connectivity index is 1.86. The molecule has 2 aliphatic rings. The van der Waals surface area contributed by atoms with Gasteiger partial charge in [-0.05, 0) is 18.1 Å². The van der Waals surface area contributed by atoms with Crippen molar-refractivity contribution in [2.75, 3.05) is 25.0 Å². The number of amides is 1. The second kappa shape index (κ2) is 3.99. The van der Waals surface area contributed by atoms with Crippen molar-refractivity contribution in [1.82, 2.24) is 4.90 Å². The van der Waals surface area contributed by atoms with Crippen LogP contribution in [0, 0.1) is 5.41 Å². The molecular weight excluding hydrogens is 236 g/mol. The van der Waals surface area contributed by atoms with Crippen molar-refractivity contribution in [3.63, 3.8) is 0 Å². The summed E-state index contributed by atoms with van der Waals surface area (Å²) < 4.78 is 0. The highest BCUT2D eigenvalue weighted by atomic mass is 16.2. The Morgan fingerprint density at radius 1 is 1.32 bits per heavy atom. The van der Waals surface area contributed by atoms with Crippen molar-refractivity contribution in [3.05, 3.63) is 29.8 Å². The van der Waals surface area contributed by atoms with Gasteiger partial charge in [-0.25, -0.2) is 0 Å². The number of nitrogens with one attached hydrogen (secondary N) is 1. The van der Waals surface area contributed by atoms with E-state index in [-0.39, 0.29) is 16.7 Å². The topological polar surface area (TPSA) is 32.3 Å². The van der Waals surface area contributed by atoms with E-state index < -0.39 is 0 Å². The molecule has 3 rings (SSSR count). The summed E-state index contributed by atoms with van der Waals surface area (Å²) in [5, 5.41) is 3.49. The molecule has 1 atom stereocenters. The number of nitrogens with zero attached hydrogens (tertiary/aromatic N) is 1. The van der Waals surface area contributed by atoms with Crippen LogP contribution in [-0.4, -0.2) is 30.4 Å². The molecular formula is C16H22N2O. The lowest BCUT2D eigenvalue weighted by atomic mass is 9.81. The lowest BCUT2D eigenvalue weighted by Crippen LogP contribution is -2.41. The molecule has 1 spiro atoms. The summed E-state index contributed by atoms with van der Waals surface area (Å²) in [6, 6.07) is 8.51. The van der Waals surface area contributed by atoms with E-state index in [0.29, 0.717) is 0 Å². The van der Waals surface area contributed by atoms with Crippen molar-refractivity contribution in [1.29, 1.82) is 0 Å². The number of para-hydroxylation sites is 1. The van der Waals surface area contributed by atoms with E-state index in [1.165, 1.54) is 11.3 Å². The minimum Gasteiger partial charge on any atom is -0.384 e. The average molecular weight is 258 g/mol. The van der Waals surface area contributed by atoms with Crippen LogP contribution in [0.2, 0.25) is 0 Å². The maximum Gasteiger partial charge on any atom is 0.227 e. The first-order valence-electron chi connectivity index (χ1n) is 7.05. The standard InChI is InChI=1S/C16H22N2O/c1-15(2,3)14(19)18-9-8-16(11-18)10-17-13-7-5-4-6-12(13)16/h4-7,17H,8-11H2,1-3H3. The molecule has 0 bridgehead atoms. The molecule has 1 fully saturated rings. The van der Waals surface area contributed by atoms with Crippen LogP contribution in [0.15, 0.2) is 24.3 Å². The number of hydrogen-bond donors (Lipinski definition) is 1. The summed E-state index contributed by atoms with van der Waals surface area (Å²) >= 11 is 0. The van der Waals surface area contributed by atoms with E-state index >= 15 is 0 Å². The van der Waals surface area contributed by atoms with E-state index in [2.05, 4.69) is 29.6 Å². The summed E-state index contributed by atoms with van der Waals surface area (Å²) in [4.78, 5) is 14.5. The maximum atomic E-state index is 12.4. The lowest BCUT2D eigenvalue weighted by molar-refractivity contribution is -0.138. The number of fused-ring (bicyclic) bond motifs is 2. The molecule has 1 unspecified atom stereocenters. The van der Waals surface area contributed by atoms with Gasteiger partial charge in [-0.3, -0.25) is 4.79 Å². The third-order valence-corrected chi connectivity index (χ3v) is 4.40. The molecule has 1 aromatic carbocycles. The Morgan fingerprint density at radius 2 is 2.05 bits per heavy atom. The van der Waals surface area contributed by atoms with Gasteiger partial charge in [-0.15, -0.1) is 0 Å². The largest absolute Gasteiger partial charge is 0.384 e. The number of carbonyl (C=O) groups is 1. The Kier molecular flexibility index (Phi) is 2.63. The first-order chi connectivity index (χ1) is 8.92. The zero-order valence-electron chi connectivity index (χ0n) is 12.0. The van der Waals surface area contributed by atoms with Gasteiger partial charge in [0.1, 0.15) is 0 Å². The first-order valence-corrected chi connectivity index (χ1v) is 7.05. The second-order valence-electron chi connectivity index (χ2n) is 6.91.